The molecule has 0 aliphatic carbocycles. The van der Waals surface area contributed by atoms with Crippen LogP contribution in [0.2, 0.25) is 0 Å². The van der Waals surface area contributed by atoms with Crippen molar-refractivity contribution in [2.45, 2.75) is 38.5 Å². The van der Waals surface area contributed by atoms with Crippen molar-refractivity contribution in [1.29, 1.82) is 5.26 Å². The van der Waals surface area contributed by atoms with E-state index in [-0.39, 0.29) is 5.91 Å². The molecule has 0 fully saturated rings. The van der Waals surface area contributed by atoms with Gasteiger partial charge in [-0.1, -0.05) is 26.0 Å². The molecule has 0 saturated carbocycles. The molecule has 192 valence electrons. The van der Waals surface area contributed by atoms with Gasteiger partial charge in [0.15, 0.2) is 0 Å². The predicted molar refractivity (Wildman–Crippen MR) is 131 cm³/mol. The Bertz CT molecular complexity index is 545. The normalized spacial score (nSPS) is 13.3. The Kier molecular flexibility index (Phi) is 21.8. The quantitative estimate of drug-likeness (QED) is 0.0966. The largest absolute Gasteiger partial charge is 0.379 e. The molecule has 0 spiro atoms. The lowest BCUT2D eigenvalue weighted by Crippen LogP contribution is -2.28. The number of ether oxygens (including phenoxy) is 5. The van der Waals surface area contributed by atoms with Gasteiger partial charge in [-0.25, -0.2) is 0 Å². The predicted octanol–water partition coefficient (Wildman–Crippen LogP) is 2.33. The molecule has 0 aromatic rings. The second kappa shape index (κ2) is 22.6. The maximum Gasteiger partial charge on any atom is 0.222 e. The van der Waals surface area contributed by atoms with Gasteiger partial charge in [0.25, 0.3) is 0 Å². The highest BCUT2D eigenvalue weighted by Crippen LogP contribution is 2.29. The highest BCUT2D eigenvalue weighted by atomic mass is 32.2. The summed E-state index contributed by atoms with van der Waals surface area (Å²) in [7, 11) is 1.88. The number of nitriles is 1. The first-order valence-electron chi connectivity index (χ1n) is 11.5. The number of carbonyl (C=O) groups excluding carboxylic acids is 1. The van der Waals surface area contributed by atoms with Gasteiger partial charge in [0, 0.05) is 25.9 Å². The molecule has 2 N–H and O–H groups in total. The van der Waals surface area contributed by atoms with Crippen LogP contribution in [0, 0.1) is 16.6 Å². The molecule has 1 unspecified atom stereocenters. The molecule has 0 saturated heterocycles. The second-order valence-electron chi connectivity index (χ2n) is 7.70. The average molecular weight is 490 g/mol. The first kappa shape index (κ1) is 31.8. The molecule has 0 radical (unpaired) electrons. The Morgan fingerprint density at radius 3 is 2.24 bits per heavy atom. The van der Waals surface area contributed by atoms with Crippen LogP contribution >= 0.6 is 11.8 Å². The first-order valence-corrected chi connectivity index (χ1v) is 12.3. The summed E-state index contributed by atoms with van der Waals surface area (Å²) >= 11 is 1.08. The van der Waals surface area contributed by atoms with Crippen molar-refractivity contribution in [2.24, 2.45) is 5.92 Å². The van der Waals surface area contributed by atoms with Crippen molar-refractivity contribution in [3.63, 3.8) is 0 Å². The molecule has 0 bridgehead atoms. The van der Waals surface area contributed by atoms with Crippen molar-refractivity contribution < 1.29 is 28.5 Å². The number of allylic oxidation sites excluding steroid dienone is 1. The van der Waals surface area contributed by atoms with E-state index in [2.05, 4.69) is 36.0 Å². The lowest BCUT2D eigenvalue weighted by molar-refractivity contribution is -0.122. The Morgan fingerprint density at radius 2 is 1.61 bits per heavy atom. The Balaban J connectivity index is 3.69. The third-order valence-corrected chi connectivity index (χ3v) is 5.09. The minimum absolute atomic E-state index is 0.0303. The van der Waals surface area contributed by atoms with Gasteiger partial charge in [-0.05, 0) is 31.7 Å². The minimum Gasteiger partial charge on any atom is -0.379 e. The van der Waals surface area contributed by atoms with E-state index in [1.165, 1.54) is 0 Å². The van der Waals surface area contributed by atoms with Crippen molar-refractivity contribution in [2.75, 3.05) is 79.6 Å². The number of rotatable bonds is 23. The van der Waals surface area contributed by atoms with E-state index in [1.807, 2.05) is 20.0 Å². The van der Waals surface area contributed by atoms with Crippen LogP contribution in [0.4, 0.5) is 0 Å². The number of nitrogens with zero attached hydrogens (tertiary/aromatic N) is 1. The maximum atomic E-state index is 11.7. The zero-order chi connectivity index (χ0) is 24.6. The van der Waals surface area contributed by atoms with E-state index in [0.717, 1.165) is 18.3 Å². The van der Waals surface area contributed by atoms with Crippen LogP contribution in [0.1, 0.15) is 33.6 Å². The number of nitrogens with one attached hydrogen (secondary N) is 2. The molecule has 1 amide bonds. The highest BCUT2D eigenvalue weighted by molar-refractivity contribution is 8.04. The van der Waals surface area contributed by atoms with Gasteiger partial charge in [-0.15, -0.1) is 0 Å². The van der Waals surface area contributed by atoms with Gasteiger partial charge >= 0.3 is 0 Å². The molecule has 0 aromatic carbocycles. The summed E-state index contributed by atoms with van der Waals surface area (Å²) in [6.45, 7) is 11.5. The third-order valence-electron chi connectivity index (χ3n) is 4.25. The molecule has 0 aliphatic rings. The summed E-state index contributed by atoms with van der Waals surface area (Å²) in [5.41, 5.74) is 0. The Labute approximate surface area is 203 Å². The van der Waals surface area contributed by atoms with Crippen LogP contribution in [0.25, 0.3) is 0 Å². The van der Waals surface area contributed by atoms with Gasteiger partial charge in [-0.2, -0.15) is 5.26 Å². The molecular formula is C23H43N3O6S. The zero-order valence-corrected chi connectivity index (χ0v) is 21.5. The van der Waals surface area contributed by atoms with E-state index in [9.17, 15) is 4.79 Å². The van der Waals surface area contributed by atoms with Crippen molar-refractivity contribution >= 4 is 17.7 Å². The molecule has 0 heterocycles. The number of amides is 1. The zero-order valence-electron chi connectivity index (χ0n) is 20.7. The molecule has 33 heavy (non-hydrogen) atoms. The van der Waals surface area contributed by atoms with Crippen LogP contribution in [0.3, 0.4) is 0 Å². The van der Waals surface area contributed by atoms with E-state index in [0.29, 0.717) is 84.8 Å². The summed E-state index contributed by atoms with van der Waals surface area (Å²) in [6, 6.07) is 0. The van der Waals surface area contributed by atoms with E-state index in [1.54, 1.807) is 0 Å². The monoisotopic (exact) mass is 489 g/mol. The van der Waals surface area contributed by atoms with Crippen LogP contribution < -0.4 is 10.6 Å². The molecule has 1 atom stereocenters. The molecular weight excluding hydrogens is 446 g/mol. The number of thioether (sulfide) groups is 1. The number of thiocyanates is 1. The summed E-state index contributed by atoms with van der Waals surface area (Å²) in [4.78, 5) is 11.0. The molecule has 9 nitrogen and oxygen atoms in total. The van der Waals surface area contributed by atoms with E-state index in [4.69, 9.17) is 28.9 Å². The Hall–Kier alpha value is -1.19. The lowest BCUT2D eigenvalue weighted by atomic mass is 10.2. The second-order valence-corrected chi connectivity index (χ2v) is 8.96. The molecule has 0 aliphatic heterocycles. The van der Waals surface area contributed by atoms with Crippen molar-refractivity contribution in [1.82, 2.24) is 10.6 Å². The summed E-state index contributed by atoms with van der Waals surface area (Å²) in [5.74, 6) is 0.449. The number of likely N-dealkylation sites (N-methyl/N-ethyl adjacent to an activating group) is 1. The first-order chi connectivity index (χ1) is 15.9. The SMILES string of the molecule is CNCCOCCOCCC(C)(OCCOCCOCCC(=O)NC/C=C/C(C)C)SC#N. The number of carbonyl (C=O) groups is 1. The van der Waals surface area contributed by atoms with Gasteiger partial charge < -0.3 is 34.3 Å². The summed E-state index contributed by atoms with van der Waals surface area (Å²) in [5, 5.41) is 17.0. The van der Waals surface area contributed by atoms with Gasteiger partial charge in [0.05, 0.1) is 59.5 Å². The standard InChI is InChI=1S/C23H43N3O6S/c1-21(2)6-5-9-26-22(27)7-11-28-14-17-31-18-19-32-23(3,33-20-24)8-12-29-15-16-30-13-10-25-4/h5-6,21,25H,7-19H2,1-4H3,(H,26,27)/b6-5+. The van der Waals surface area contributed by atoms with Crippen LogP contribution in [-0.2, 0) is 28.5 Å². The fourth-order valence-electron chi connectivity index (χ4n) is 2.41. The topological polar surface area (TPSA) is 111 Å². The number of hydrogen-bond donors (Lipinski definition) is 2. The number of hydrogen-bond acceptors (Lipinski definition) is 9. The van der Waals surface area contributed by atoms with E-state index >= 15 is 0 Å². The highest BCUT2D eigenvalue weighted by Gasteiger charge is 2.26. The average Bonchev–Trinajstić information content (AvgIpc) is 2.77. The smallest absolute Gasteiger partial charge is 0.222 e. The molecule has 0 aromatic heterocycles. The van der Waals surface area contributed by atoms with Crippen molar-refractivity contribution in [3.8, 4) is 5.40 Å². The maximum absolute atomic E-state index is 11.7. The summed E-state index contributed by atoms with van der Waals surface area (Å²) < 4.78 is 27.7. The third kappa shape index (κ3) is 22.4. The molecule has 10 heteroatoms. The van der Waals surface area contributed by atoms with Crippen LogP contribution in [-0.4, -0.2) is 90.4 Å². The van der Waals surface area contributed by atoms with Gasteiger partial charge in [0.2, 0.25) is 5.91 Å². The van der Waals surface area contributed by atoms with E-state index < -0.39 is 4.93 Å². The fraction of sp³-hybridized carbons (Fsp3) is 0.826. The summed E-state index contributed by atoms with van der Waals surface area (Å²) in [6.07, 6.45) is 4.92. The Morgan fingerprint density at radius 1 is 1.00 bits per heavy atom. The van der Waals surface area contributed by atoms with Gasteiger partial charge in [0.1, 0.15) is 10.3 Å². The van der Waals surface area contributed by atoms with Gasteiger partial charge in [-0.3, -0.25) is 4.79 Å². The minimum atomic E-state index is -0.653. The lowest BCUT2D eigenvalue weighted by Gasteiger charge is -2.26. The molecule has 0 rings (SSSR count). The fourth-order valence-corrected chi connectivity index (χ4v) is 2.93. The van der Waals surface area contributed by atoms with Crippen molar-refractivity contribution in [3.05, 3.63) is 12.2 Å². The van der Waals surface area contributed by atoms with Crippen LogP contribution in [0.5, 0.6) is 0 Å². The van der Waals surface area contributed by atoms with Crippen LogP contribution in [0.15, 0.2) is 12.2 Å².